The van der Waals surface area contributed by atoms with Gasteiger partial charge in [0.1, 0.15) is 11.5 Å². The van der Waals surface area contributed by atoms with Gasteiger partial charge >= 0.3 is 0 Å². The molecule has 0 unspecified atom stereocenters. The van der Waals surface area contributed by atoms with Crippen LogP contribution in [0, 0.1) is 0 Å². The molecule has 0 fully saturated rings. The van der Waals surface area contributed by atoms with Crippen LogP contribution in [0.3, 0.4) is 0 Å². The molecule has 0 amide bonds. The Morgan fingerprint density at radius 3 is 2.33 bits per heavy atom. The third kappa shape index (κ3) is 5.50. The maximum absolute atomic E-state index is 9.19. The van der Waals surface area contributed by atoms with Crippen molar-refractivity contribution in [1.29, 1.82) is 0 Å². The largest absolute Gasteiger partial charge is 0.508 e. The fraction of sp³-hybridized carbons (Fsp3) is 0.133. The molecule has 0 bridgehead atoms. The first kappa shape index (κ1) is 17.1. The molecular formula is C15H18IN3O2. The Kier molecular flexibility index (Phi) is 6.80. The number of hydrogen-bond acceptors (Lipinski definition) is 3. The van der Waals surface area contributed by atoms with Crippen LogP contribution in [0.15, 0.2) is 53.5 Å². The summed E-state index contributed by atoms with van der Waals surface area (Å²) in [5.74, 6) is 1.36. The maximum Gasteiger partial charge on any atom is 0.193 e. The third-order valence-corrected chi connectivity index (χ3v) is 2.73. The zero-order valence-electron chi connectivity index (χ0n) is 11.6. The van der Waals surface area contributed by atoms with Gasteiger partial charge in [-0.1, -0.05) is 12.1 Å². The average molecular weight is 399 g/mol. The first-order valence-electron chi connectivity index (χ1n) is 6.16. The molecule has 0 aromatic heterocycles. The van der Waals surface area contributed by atoms with Crippen LogP contribution in [0.1, 0.15) is 5.56 Å². The van der Waals surface area contributed by atoms with Crippen LogP contribution in [-0.2, 0) is 6.54 Å². The second kappa shape index (κ2) is 8.35. The number of anilines is 1. The lowest BCUT2D eigenvalue weighted by atomic mass is 10.2. The molecule has 0 saturated carbocycles. The van der Waals surface area contributed by atoms with Gasteiger partial charge in [-0.2, -0.15) is 0 Å². The van der Waals surface area contributed by atoms with Crippen molar-refractivity contribution in [3.63, 3.8) is 0 Å². The summed E-state index contributed by atoms with van der Waals surface area (Å²) in [7, 11) is 1.62. The van der Waals surface area contributed by atoms with Crippen molar-refractivity contribution in [2.24, 2.45) is 10.7 Å². The van der Waals surface area contributed by atoms with Crippen LogP contribution in [-0.4, -0.2) is 18.2 Å². The maximum atomic E-state index is 9.19. The summed E-state index contributed by atoms with van der Waals surface area (Å²) < 4.78 is 5.08. The predicted octanol–water partition coefficient (Wildman–Crippen LogP) is 2.95. The van der Waals surface area contributed by atoms with Crippen molar-refractivity contribution in [2.45, 2.75) is 6.54 Å². The van der Waals surface area contributed by atoms with Crippen molar-refractivity contribution in [1.82, 2.24) is 0 Å². The number of phenols is 1. The quantitative estimate of drug-likeness (QED) is 0.420. The minimum absolute atomic E-state index is 0. The van der Waals surface area contributed by atoms with Gasteiger partial charge in [0.05, 0.1) is 13.7 Å². The Balaban J connectivity index is 0.00000220. The van der Waals surface area contributed by atoms with Gasteiger partial charge in [0.15, 0.2) is 5.96 Å². The van der Waals surface area contributed by atoms with E-state index in [0.717, 1.165) is 17.0 Å². The molecule has 0 aliphatic carbocycles. The molecule has 0 spiro atoms. The van der Waals surface area contributed by atoms with Gasteiger partial charge in [-0.15, -0.1) is 24.0 Å². The minimum Gasteiger partial charge on any atom is -0.508 e. The van der Waals surface area contributed by atoms with E-state index in [9.17, 15) is 5.11 Å². The molecule has 0 heterocycles. The van der Waals surface area contributed by atoms with Gasteiger partial charge in [-0.25, -0.2) is 4.99 Å². The summed E-state index contributed by atoms with van der Waals surface area (Å²) in [4.78, 5) is 4.23. The van der Waals surface area contributed by atoms with Gasteiger partial charge in [-0.3, -0.25) is 0 Å². The van der Waals surface area contributed by atoms with E-state index in [1.165, 1.54) is 0 Å². The second-order valence-electron chi connectivity index (χ2n) is 4.22. The third-order valence-electron chi connectivity index (χ3n) is 2.73. The molecule has 0 saturated heterocycles. The number of nitrogens with zero attached hydrogens (tertiary/aromatic N) is 1. The normalized spacial score (nSPS) is 10.6. The number of phenolic OH excluding ortho intramolecular Hbond substituents is 1. The Bertz CT molecular complexity index is 583. The highest BCUT2D eigenvalue weighted by molar-refractivity contribution is 14.0. The molecule has 0 aliphatic rings. The molecule has 2 aromatic rings. The Morgan fingerprint density at radius 1 is 1.14 bits per heavy atom. The molecule has 2 rings (SSSR count). The fourth-order valence-corrected chi connectivity index (χ4v) is 1.64. The van der Waals surface area contributed by atoms with E-state index in [2.05, 4.69) is 10.3 Å². The number of rotatable bonds is 4. The zero-order chi connectivity index (χ0) is 14.4. The molecule has 4 N–H and O–H groups in total. The molecule has 6 heteroatoms. The Hall–Kier alpha value is -1.96. The van der Waals surface area contributed by atoms with Crippen LogP contribution >= 0.6 is 24.0 Å². The van der Waals surface area contributed by atoms with Crippen molar-refractivity contribution >= 4 is 35.6 Å². The summed E-state index contributed by atoms with van der Waals surface area (Å²) in [5, 5.41) is 12.2. The fourth-order valence-electron chi connectivity index (χ4n) is 1.64. The highest BCUT2D eigenvalue weighted by atomic mass is 127. The van der Waals surface area contributed by atoms with Gasteiger partial charge < -0.3 is 20.9 Å². The monoisotopic (exact) mass is 399 g/mol. The molecule has 112 valence electrons. The lowest BCUT2D eigenvalue weighted by Gasteiger charge is -2.06. The number of aromatic hydroxyl groups is 1. The zero-order valence-corrected chi connectivity index (χ0v) is 13.9. The highest BCUT2D eigenvalue weighted by Crippen LogP contribution is 2.15. The van der Waals surface area contributed by atoms with E-state index in [1.54, 1.807) is 31.4 Å². The number of nitrogens with two attached hydrogens (primary N) is 1. The number of ether oxygens (including phenoxy) is 1. The predicted molar refractivity (Wildman–Crippen MR) is 95.5 cm³/mol. The van der Waals surface area contributed by atoms with Crippen molar-refractivity contribution < 1.29 is 9.84 Å². The molecule has 0 atom stereocenters. The van der Waals surface area contributed by atoms with E-state index in [-0.39, 0.29) is 29.7 Å². The van der Waals surface area contributed by atoms with Gasteiger partial charge in [0.2, 0.25) is 0 Å². The van der Waals surface area contributed by atoms with E-state index >= 15 is 0 Å². The van der Waals surface area contributed by atoms with Gasteiger partial charge in [0.25, 0.3) is 0 Å². The summed E-state index contributed by atoms with van der Waals surface area (Å²) >= 11 is 0. The second-order valence-corrected chi connectivity index (χ2v) is 4.22. The first-order valence-corrected chi connectivity index (χ1v) is 6.16. The molecule has 5 nitrogen and oxygen atoms in total. The number of methoxy groups -OCH3 is 1. The lowest BCUT2D eigenvalue weighted by Crippen LogP contribution is -2.22. The number of benzene rings is 2. The molecular weight excluding hydrogens is 381 g/mol. The topological polar surface area (TPSA) is 79.9 Å². The molecule has 0 radical (unpaired) electrons. The van der Waals surface area contributed by atoms with E-state index in [0.29, 0.717) is 12.5 Å². The molecule has 21 heavy (non-hydrogen) atoms. The molecule has 0 aliphatic heterocycles. The van der Waals surface area contributed by atoms with Crippen LogP contribution < -0.4 is 15.8 Å². The van der Waals surface area contributed by atoms with Crippen molar-refractivity contribution in [3.8, 4) is 11.5 Å². The number of aliphatic imine (C=N–C) groups is 1. The van der Waals surface area contributed by atoms with Crippen molar-refractivity contribution in [3.05, 3.63) is 54.1 Å². The van der Waals surface area contributed by atoms with Crippen LogP contribution in [0.25, 0.3) is 0 Å². The summed E-state index contributed by atoms with van der Waals surface area (Å²) in [5.41, 5.74) is 7.63. The SMILES string of the molecule is COc1ccc(NC(N)=NCc2ccc(O)cc2)cc1.I. The highest BCUT2D eigenvalue weighted by Gasteiger charge is 1.97. The van der Waals surface area contributed by atoms with Gasteiger partial charge in [-0.05, 0) is 42.0 Å². The standard InChI is InChI=1S/C15H17N3O2.HI/c1-20-14-8-4-12(5-9-14)18-15(16)17-10-11-2-6-13(19)7-3-11;/h2-9,19H,10H2,1H3,(H3,16,17,18);1H. The number of hydrogen-bond donors (Lipinski definition) is 3. The van der Waals surface area contributed by atoms with Crippen LogP contribution in [0.5, 0.6) is 11.5 Å². The van der Waals surface area contributed by atoms with Crippen LogP contribution in [0.4, 0.5) is 5.69 Å². The summed E-state index contributed by atoms with van der Waals surface area (Å²) in [6.07, 6.45) is 0. The van der Waals surface area contributed by atoms with E-state index in [1.807, 2.05) is 24.3 Å². The Morgan fingerprint density at radius 2 is 1.76 bits per heavy atom. The first-order chi connectivity index (χ1) is 9.67. The average Bonchev–Trinajstić information content (AvgIpc) is 2.47. The lowest BCUT2D eigenvalue weighted by molar-refractivity contribution is 0.415. The van der Waals surface area contributed by atoms with E-state index < -0.39 is 0 Å². The summed E-state index contributed by atoms with van der Waals surface area (Å²) in [6, 6.07) is 14.3. The minimum atomic E-state index is 0. The van der Waals surface area contributed by atoms with Crippen molar-refractivity contribution in [2.75, 3.05) is 12.4 Å². The molecule has 2 aromatic carbocycles. The Labute approximate surface area is 140 Å². The number of guanidine groups is 1. The number of nitrogens with one attached hydrogen (secondary N) is 1. The van der Waals surface area contributed by atoms with E-state index in [4.69, 9.17) is 10.5 Å². The van der Waals surface area contributed by atoms with Crippen LogP contribution in [0.2, 0.25) is 0 Å². The van der Waals surface area contributed by atoms with Gasteiger partial charge in [0, 0.05) is 5.69 Å². The smallest absolute Gasteiger partial charge is 0.193 e. The summed E-state index contributed by atoms with van der Waals surface area (Å²) in [6.45, 7) is 0.454. The number of halogens is 1.